The third-order valence-electron chi connectivity index (χ3n) is 5.44. The predicted molar refractivity (Wildman–Crippen MR) is 124 cm³/mol. The monoisotopic (exact) mass is 489 g/mol. The zero-order valence-electron chi connectivity index (χ0n) is 20.1. The van der Waals surface area contributed by atoms with E-state index >= 15 is 0 Å². The number of aryl methyl sites for hydroxylation is 1. The Morgan fingerprint density at radius 1 is 1.06 bits per heavy atom. The van der Waals surface area contributed by atoms with E-state index in [1.807, 2.05) is 20.8 Å². The Bertz CT molecular complexity index is 1250. The van der Waals surface area contributed by atoms with Crippen molar-refractivity contribution in [1.82, 2.24) is 4.98 Å². The van der Waals surface area contributed by atoms with E-state index in [1.165, 1.54) is 13.2 Å². The third kappa shape index (κ3) is 5.90. The highest BCUT2D eigenvalue weighted by atomic mass is 19.3. The van der Waals surface area contributed by atoms with E-state index in [-0.39, 0.29) is 28.9 Å². The highest BCUT2D eigenvalue weighted by molar-refractivity contribution is 5.99. The number of carbonyl (C=O) groups excluding carboxylic acids is 2. The first-order valence-electron chi connectivity index (χ1n) is 10.8. The van der Waals surface area contributed by atoms with E-state index in [9.17, 15) is 22.8 Å². The number of hydrogen-bond donors (Lipinski definition) is 0. The Balaban J connectivity index is 2.09. The number of methoxy groups -OCH3 is 1. The molecule has 0 radical (unpaired) electrons. The number of nitrogens with zero attached hydrogens (tertiary/aromatic N) is 1. The summed E-state index contributed by atoms with van der Waals surface area (Å²) in [5.41, 5.74) is 1.14. The molecule has 9 heteroatoms. The van der Waals surface area contributed by atoms with Crippen molar-refractivity contribution in [3.8, 4) is 11.6 Å². The van der Waals surface area contributed by atoms with Gasteiger partial charge in [0.1, 0.15) is 17.1 Å². The van der Waals surface area contributed by atoms with Gasteiger partial charge in [-0.25, -0.2) is 14.2 Å². The molecule has 0 bridgehead atoms. The van der Waals surface area contributed by atoms with Crippen LogP contribution in [0, 0.1) is 18.2 Å². The molecule has 0 spiro atoms. The molecule has 1 aromatic heterocycles. The van der Waals surface area contributed by atoms with Gasteiger partial charge in [0.15, 0.2) is 12.4 Å². The molecule has 2 aromatic carbocycles. The molecule has 0 saturated heterocycles. The maximum absolute atomic E-state index is 14.6. The van der Waals surface area contributed by atoms with Crippen molar-refractivity contribution in [2.24, 2.45) is 5.41 Å². The van der Waals surface area contributed by atoms with Crippen molar-refractivity contribution >= 4 is 22.7 Å². The summed E-state index contributed by atoms with van der Waals surface area (Å²) < 4.78 is 55.7. The van der Waals surface area contributed by atoms with Crippen molar-refractivity contribution in [1.29, 1.82) is 0 Å². The first-order chi connectivity index (χ1) is 16.4. The molecule has 186 valence electrons. The van der Waals surface area contributed by atoms with Crippen molar-refractivity contribution < 1.29 is 37.0 Å². The fourth-order valence-electron chi connectivity index (χ4n) is 3.62. The van der Waals surface area contributed by atoms with Crippen LogP contribution in [0.2, 0.25) is 0 Å². The number of ether oxygens (including phenoxy) is 3. The standard InChI is InChI=1S/C26H26F3NO5/c1-14-17(12-15-6-8-16(9-7-15)23(32)26(2,3)4)24(35-25(28)29)30-22-18(27)10-11-19(21(14)22)34-13-20(31)33-5/h6-11,25H,12-13H2,1-5H3. The van der Waals surface area contributed by atoms with Crippen LogP contribution in [0.1, 0.15) is 47.8 Å². The number of pyridine rings is 1. The van der Waals surface area contributed by atoms with Gasteiger partial charge < -0.3 is 14.2 Å². The summed E-state index contributed by atoms with van der Waals surface area (Å²) in [6.07, 6.45) is 0.119. The maximum Gasteiger partial charge on any atom is 0.388 e. The third-order valence-corrected chi connectivity index (χ3v) is 5.44. The first-order valence-corrected chi connectivity index (χ1v) is 10.8. The van der Waals surface area contributed by atoms with Crippen molar-refractivity contribution in [3.05, 3.63) is 64.5 Å². The van der Waals surface area contributed by atoms with Crippen molar-refractivity contribution in [2.45, 2.75) is 40.7 Å². The molecule has 0 fully saturated rings. The number of benzene rings is 2. The van der Waals surface area contributed by atoms with Crippen LogP contribution >= 0.6 is 0 Å². The minimum atomic E-state index is -3.17. The highest BCUT2D eigenvalue weighted by Gasteiger charge is 2.24. The Labute approximate surface area is 201 Å². The quantitative estimate of drug-likeness (QED) is 0.301. The lowest BCUT2D eigenvalue weighted by Gasteiger charge is -2.18. The Morgan fingerprint density at radius 3 is 2.29 bits per heavy atom. The number of alkyl halides is 2. The van der Waals surface area contributed by atoms with E-state index in [2.05, 4.69) is 14.5 Å². The normalized spacial score (nSPS) is 11.6. The van der Waals surface area contributed by atoms with Crippen molar-refractivity contribution in [3.63, 3.8) is 0 Å². The fraction of sp³-hybridized carbons (Fsp3) is 0.346. The van der Waals surface area contributed by atoms with Gasteiger partial charge in [-0.2, -0.15) is 8.78 Å². The lowest BCUT2D eigenvalue weighted by atomic mass is 9.86. The van der Waals surface area contributed by atoms with Crippen LogP contribution in [0.5, 0.6) is 11.6 Å². The molecule has 3 rings (SSSR count). The topological polar surface area (TPSA) is 74.7 Å². The summed E-state index contributed by atoms with van der Waals surface area (Å²) in [6, 6.07) is 9.18. The van der Waals surface area contributed by atoms with Crippen LogP contribution in [-0.4, -0.2) is 37.1 Å². The number of halogens is 3. The molecule has 35 heavy (non-hydrogen) atoms. The highest BCUT2D eigenvalue weighted by Crippen LogP contribution is 2.37. The second kappa shape index (κ2) is 10.3. The molecule has 0 aliphatic carbocycles. The van der Waals surface area contributed by atoms with Gasteiger partial charge in [-0.15, -0.1) is 0 Å². The Morgan fingerprint density at radius 2 is 1.71 bits per heavy atom. The molecular formula is C26H26F3NO5. The predicted octanol–water partition coefficient (Wildman–Crippen LogP) is 5.66. The van der Waals surface area contributed by atoms with Crippen LogP contribution in [0.4, 0.5) is 13.2 Å². The largest absolute Gasteiger partial charge is 0.481 e. The Kier molecular flexibility index (Phi) is 7.67. The number of esters is 1. The first kappa shape index (κ1) is 26.0. The van der Waals surface area contributed by atoms with Gasteiger partial charge in [0, 0.05) is 28.3 Å². The van der Waals surface area contributed by atoms with Gasteiger partial charge in [0.2, 0.25) is 5.88 Å². The van der Waals surface area contributed by atoms with Gasteiger partial charge >= 0.3 is 12.6 Å². The maximum atomic E-state index is 14.6. The minimum Gasteiger partial charge on any atom is -0.481 e. The molecule has 0 unspecified atom stereocenters. The summed E-state index contributed by atoms with van der Waals surface area (Å²) in [5, 5.41) is 0.227. The number of fused-ring (bicyclic) bond motifs is 1. The minimum absolute atomic E-state index is 0.0304. The van der Waals surface area contributed by atoms with Gasteiger partial charge in [-0.1, -0.05) is 45.0 Å². The number of carbonyl (C=O) groups is 2. The van der Waals surface area contributed by atoms with E-state index in [0.29, 0.717) is 22.3 Å². The van der Waals surface area contributed by atoms with Gasteiger partial charge in [0.05, 0.1) is 7.11 Å². The summed E-state index contributed by atoms with van der Waals surface area (Å²) in [4.78, 5) is 28.1. The number of Topliss-reactive ketones (excluding diaryl/α,β-unsaturated/α-hetero) is 1. The number of rotatable bonds is 8. The van der Waals surface area contributed by atoms with Crippen LogP contribution in [-0.2, 0) is 16.0 Å². The molecule has 0 atom stereocenters. The van der Waals surface area contributed by atoms with Gasteiger partial charge in [-0.3, -0.25) is 4.79 Å². The zero-order valence-corrected chi connectivity index (χ0v) is 20.1. The lowest BCUT2D eigenvalue weighted by Crippen LogP contribution is -2.20. The van der Waals surface area contributed by atoms with Crippen LogP contribution in [0.15, 0.2) is 36.4 Å². The second-order valence-electron chi connectivity index (χ2n) is 8.99. The second-order valence-corrected chi connectivity index (χ2v) is 8.99. The van der Waals surface area contributed by atoms with Crippen LogP contribution in [0.3, 0.4) is 0 Å². The summed E-state index contributed by atoms with van der Waals surface area (Å²) >= 11 is 0. The molecular weight excluding hydrogens is 463 g/mol. The summed E-state index contributed by atoms with van der Waals surface area (Å²) in [7, 11) is 1.20. The van der Waals surface area contributed by atoms with E-state index < -0.39 is 36.3 Å². The Hall–Kier alpha value is -3.62. The molecule has 0 saturated carbocycles. The molecule has 0 amide bonds. The van der Waals surface area contributed by atoms with Crippen molar-refractivity contribution in [2.75, 3.05) is 13.7 Å². The van der Waals surface area contributed by atoms with Crippen LogP contribution < -0.4 is 9.47 Å². The molecule has 0 N–H and O–H groups in total. The van der Waals surface area contributed by atoms with Gasteiger partial charge in [0.25, 0.3) is 0 Å². The zero-order chi connectivity index (χ0) is 25.9. The smallest absolute Gasteiger partial charge is 0.388 e. The van der Waals surface area contributed by atoms with Crippen LogP contribution in [0.25, 0.3) is 10.9 Å². The molecule has 6 nitrogen and oxygen atoms in total. The molecule has 0 aliphatic heterocycles. The average molecular weight is 489 g/mol. The summed E-state index contributed by atoms with van der Waals surface area (Å²) in [5.74, 6) is -1.70. The summed E-state index contributed by atoms with van der Waals surface area (Å²) in [6.45, 7) is 3.47. The number of hydrogen-bond acceptors (Lipinski definition) is 6. The van der Waals surface area contributed by atoms with E-state index in [0.717, 1.165) is 6.07 Å². The lowest BCUT2D eigenvalue weighted by molar-refractivity contribution is -0.142. The fourth-order valence-corrected chi connectivity index (χ4v) is 3.62. The van der Waals surface area contributed by atoms with Gasteiger partial charge in [-0.05, 0) is 30.2 Å². The average Bonchev–Trinajstić information content (AvgIpc) is 2.80. The SMILES string of the molecule is COC(=O)COc1ccc(F)c2nc(OC(F)F)c(Cc3ccc(C(=O)C(C)(C)C)cc3)c(C)c12. The molecule has 3 aromatic rings. The molecule has 1 heterocycles. The number of ketones is 1. The molecule has 0 aliphatic rings. The number of aromatic nitrogens is 1. The van der Waals surface area contributed by atoms with E-state index in [1.54, 1.807) is 31.2 Å². The van der Waals surface area contributed by atoms with E-state index in [4.69, 9.17) is 4.74 Å².